The van der Waals surface area contributed by atoms with E-state index in [4.69, 9.17) is 18.9 Å². The largest absolute Gasteiger partial charge is 0.489 e. The monoisotopic (exact) mass is 429 g/mol. The molecule has 0 radical (unpaired) electrons. The average Bonchev–Trinajstić information content (AvgIpc) is 2.79. The summed E-state index contributed by atoms with van der Waals surface area (Å²) >= 11 is 0. The summed E-state index contributed by atoms with van der Waals surface area (Å²) in [5.41, 5.74) is 1.06. The van der Waals surface area contributed by atoms with Crippen molar-refractivity contribution in [3.63, 3.8) is 0 Å². The van der Waals surface area contributed by atoms with Crippen LogP contribution in [-0.2, 0) is 30.5 Å². The molecule has 0 saturated carbocycles. The van der Waals surface area contributed by atoms with Gasteiger partial charge in [0.15, 0.2) is 13.2 Å². The van der Waals surface area contributed by atoms with Gasteiger partial charge in [0.1, 0.15) is 18.1 Å². The van der Waals surface area contributed by atoms with Gasteiger partial charge in [-0.05, 0) is 43.2 Å². The van der Waals surface area contributed by atoms with Crippen LogP contribution in [0.4, 0.5) is 0 Å². The van der Waals surface area contributed by atoms with Crippen LogP contribution in [0.2, 0.25) is 0 Å². The van der Waals surface area contributed by atoms with Crippen molar-refractivity contribution in [1.29, 1.82) is 0 Å². The lowest BCUT2D eigenvalue weighted by Crippen LogP contribution is -2.30. The third kappa shape index (κ3) is 10.2. The van der Waals surface area contributed by atoms with E-state index in [1.165, 1.54) is 0 Å². The van der Waals surface area contributed by atoms with E-state index in [0.717, 1.165) is 5.56 Å². The number of ether oxygens (including phenoxy) is 4. The molecule has 31 heavy (non-hydrogen) atoms. The summed E-state index contributed by atoms with van der Waals surface area (Å²) in [5.74, 6) is -0.259. The molecule has 0 atom stereocenters. The summed E-state index contributed by atoms with van der Waals surface area (Å²) in [5, 5.41) is 2.56. The number of nitrogens with one attached hydrogen (secondary N) is 1. The molecule has 0 bridgehead atoms. The van der Waals surface area contributed by atoms with E-state index in [-0.39, 0.29) is 19.0 Å². The smallest absolute Gasteiger partial charge is 0.344 e. The number of rotatable bonds is 13. The maximum atomic E-state index is 11.7. The van der Waals surface area contributed by atoms with Crippen molar-refractivity contribution < 1.29 is 33.3 Å². The summed E-state index contributed by atoms with van der Waals surface area (Å²) < 4.78 is 20.7. The Morgan fingerprint density at radius 3 is 2.16 bits per heavy atom. The molecule has 2 aromatic carbocycles. The molecule has 0 aromatic heterocycles. The quantitative estimate of drug-likeness (QED) is 0.386. The first-order valence-corrected chi connectivity index (χ1v) is 10.0. The Labute approximate surface area is 181 Å². The standard InChI is InChI=1S/C23H27NO7/c1-2-28-22(26)9-6-14-24-21(25)16-31-23(27)17-30-20-12-10-19(11-13-20)29-15-18-7-4-3-5-8-18/h3-5,7-8,10-13H,2,6,9,14-17H2,1H3,(H,24,25). The lowest BCUT2D eigenvalue weighted by atomic mass is 10.2. The lowest BCUT2D eigenvalue weighted by molar-refractivity contribution is -0.150. The third-order valence-electron chi connectivity index (χ3n) is 3.98. The fraction of sp³-hybridized carbons (Fsp3) is 0.348. The zero-order valence-electron chi connectivity index (χ0n) is 17.5. The molecule has 0 fully saturated rings. The maximum Gasteiger partial charge on any atom is 0.344 e. The molecule has 0 aliphatic rings. The van der Waals surface area contributed by atoms with Crippen LogP contribution < -0.4 is 14.8 Å². The van der Waals surface area contributed by atoms with Crippen LogP contribution in [0.5, 0.6) is 11.5 Å². The number of amides is 1. The molecule has 0 unspecified atom stereocenters. The van der Waals surface area contributed by atoms with Crippen molar-refractivity contribution in [2.45, 2.75) is 26.4 Å². The first-order chi connectivity index (χ1) is 15.1. The average molecular weight is 429 g/mol. The molecule has 166 valence electrons. The predicted octanol–water partition coefficient (Wildman–Crippen LogP) is 2.65. The van der Waals surface area contributed by atoms with Crippen molar-refractivity contribution in [2.75, 3.05) is 26.4 Å². The highest BCUT2D eigenvalue weighted by Gasteiger charge is 2.09. The van der Waals surface area contributed by atoms with E-state index in [9.17, 15) is 14.4 Å². The number of hydrogen-bond donors (Lipinski definition) is 1. The van der Waals surface area contributed by atoms with E-state index in [1.807, 2.05) is 30.3 Å². The van der Waals surface area contributed by atoms with Crippen LogP contribution in [-0.4, -0.2) is 44.2 Å². The Kier molecular flexibility index (Phi) is 10.4. The Bertz CT molecular complexity index is 822. The van der Waals surface area contributed by atoms with Gasteiger partial charge >= 0.3 is 11.9 Å². The van der Waals surface area contributed by atoms with Crippen molar-refractivity contribution in [1.82, 2.24) is 5.32 Å². The lowest BCUT2D eigenvalue weighted by Gasteiger charge is -2.09. The molecule has 8 heteroatoms. The second kappa shape index (κ2) is 13.6. The fourth-order valence-electron chi connectivity index (χ4n) is 2.45. The van der Waals surface area contributed by atoms with E-state index >= 15 is 0 Å². The topological polar surface area (TPSA) is 100 Å². The van der Waals surface area contributed by atoms with E-state index in [1.54, 1.807) is 31.2 Å². The molecule has 1 N–H and O–H groups in total. The van der Waals surface area contributed by atoms with Gasteiger partial charge in [0.2, 0.25) is 0 Å². The molecule has 1 amide bonds. The minimum Gasteiger partial charge on any atom is -0.489 e. The molecular weight excluding hydrogens is 402 g/mol. The van der Waals surface area contributed by atoms with Crippen molar-refractivity contribution >= 4 is 17.8 Å². The highest BCUT2D eigenvalue weighted by molar-refractivity contribution is 5.80. The van der Waals surface area contributed by atoms with E-state index in [2.05, 4.69) is 5.32 Å². The Morgan fingerprint density at radius 2 is 1.48 bits per heavy atom. The third-order valence-corrected chi connectivity index (χ3v) is 3.98. The van der Waals surface area contributed by atoms with Gasteiger partial charge in [0.25, 0.3) is 5.91 Å². The van der Waals surface area contributed by atoms with Gasteiger partial charge in [0.05, 0.1) is 6.61 Å². The molecule has 2 rings (SSSR count). The second-order valence-corrected chi connectivity index (χ2v) is 6.45. The highest BCUT2D eigenvalue weighted by Crippen LogP contribution is 2.18. The Hall–Kier alpha value is -3.55. The number of carbonyl (C=O) groups is 3. The normalized spacial score (nSPS) is 10.1. The van der Waals surface area contributed by atoms with Gasteiger partial charge < -0.3 is 24.3 Å². The molecule has 0 heterocycles. The number of benzene rings is 2. The van der Waals surface area contributed by atoms with Gasteiger partial charge in [-0.3, -0.25) is 9.59 Å². The van der Waals surface area contributed by atoms with Gasteiger partial charge in [-0.2, -0.15) is 0 Å². The highest BCUT2D eigenvalue weighted by atomic mass is 16.6. The van der Waals surface area contributed by atoms with Crippen molar-refractivity contribution in [2.24, 2.45) is 0 Å². The van der Waals surface area contributed by atoms with Gasteiger partial charge in [-0.1, -0.05) is 30.3 Å². The first kappa shape index (κ1) is 23.7. The van der Waals surface area contributed by atoms with Crippen LogP contribution in [0.25, 0.3) is 0 Å². The van der Waals surface area contributed by atoms with Crippen LogP contribution in [0.15, 0.2) is 54.6 Å². The molecule has 0 saturated heterocycles. The molecule has 8 nitrogen and oxygen atoms in total. The minimum atomic E-state index is -0.661. The summed E-state index contributed by atoms with van der Waals surface area (Å²) in [7, 11) is 0. The van der Waals surface area contributed by atoms with Crippen LogP contribution in [0.1, 0.15) is 25.3 Å². The van der Waals surface area contributed by atoms with E-state index in [0.29, 0.717) is 37.7 Å². The predicted molar refractivity (Wildman–Crippen MR) is 113 cm³/mol. The summed E-state index contributed by atoms with van der Waals surface area (Å²) in [6, 6.07) is 16.7. The zero-order chi connectivity index (χ0) is 22.3. The van der Waals surface area contributed by atoms with Gasteiger partial charge in [-0.25, -0.2) is 4.79 Å². The summed E-state index contributed by atoms with van der Waals surface area (Å²) in [6.45, 7) is 2.08. The molecular formula is C23H27NO7. The number of esters is 2. The molecule has 0 aliphatic heterocycles. The first-order valence-electron chi connectivity index (χ1n) is 10.0. The van der Waals surface area contributed by atoms with Crippen molar-refractivity contribution in [3.05, 3.63) is 60.2 Å². The zero-order valence-corrected chi connectivity index (χ0v) is 17.5. The molecule has 2 aromatic rings. The SMILES string of the molecule is CCOC(=O)CCCNC(=O)COC(=O)COc1ccc(OCc2ccccc2)cc1. The maximum absolute atomic E-state index is 11.7. The minimum absolute atomic E-state index is 0.220. The summed E-state index contributed by atoms with van der Waals surface area (Å²) in [6.07, 6.45) is 0.671. The van der Waals surface area contributed by atoms with Gasteiger partial charge in [0, 0.05) is 13.0 Å². The molecule has 0 spiro atoms. The Balaban J connectivity index is 1.58. The van der Waals surface area contributed by atoms with Crippen LogP contribution in [0, 0.1) is 0 Å². The van der Waals surface area contributed by atoms with Crippen LogP contribution >= 0.6 is 0 Å². The Morgan fingerprint density at radius 1 is 0.806 bits per heavy atom. The number of hydrogen-bond acceptors (Lipinski definition) is 7. The van der Waals surface area contributed by atoms with Crippen LogP contribution in [0.3, 0.4) is 0 Å². The fourth-order valence-corrected chi connectivity index (χ4v) is 2.45. The van der Waals surface area contributed by atoms with Gasteiger partial charge in [-0.15, -0.1) is 0 Å². The second-order valence-electron chi connectivity index (χ2n) is 6.45. The number of carbonyl (C=O) groups excluding carboxylic acids is 3. The van der Waals surface area contributed by atoms with E-state index < -0.39 is 18.5 Å². The van der Waals surface area contributed by atoms with Crippen molar-refractivity contribution in [3.8, 4) is 11.5 Å². The summed E-state index contributed by atoms with van der Waals surface area (Å²) in [4.78, 5) is 34.5. The molecule has 0 aliphatic carbocycles.